The number of nitrogens with one attached hydrogen (secondary N) is 1. The van der Waals surface area contributed by atoms with E-state index in [1.54, 1.807) is 4.90 Å². The van der Waals surface area contributed by atoms with Crippen molar-refractivity contribution in [2.24, 2.45) is 5.92 Å². The van der Waals surface area contributed by atoms with Gasteiger partial charge in [-0.25, -0.2) is 9.78 Å². The van der Waals surface area contributed by atoms with Crippen LogP contribution < -0.4 is 0 Å². The first-order chi connectivity index (χ1) is 13.5. The summed E-state index contributed by atoms with van der Waals surface area (Å²) in [7, 11) is 0. The van der Waals surface area contributed by atoms with Crippen LogP contribution in [0.25, 0.3) is 0 Å². The number of aromatic amines is 1. The normalized spacial score (nSPS) is 17.3. The molecule has 0 radical (unpaired) electrons. The molecule has 0 saturated carbocycles. The number of carboxylic acids is 1. The van der Waals surface area contributed by atoms with E-state index in [0.29, 0.717) is 32.5 Å². The molecule has 1 fully saturated rings. The van der Waals surface area contributed by atoms with Crippen LogP contribution in [0.1, 0.15) is 44.9 Å². The Labute approximate surface area is 162 Å². The number of carboxylic acid groups (broad SMARTS) is 1. The number of aromatic carboxylic acids is 1. The fourth-order valence-corrected chi connectivity index (χ4v) is 4.04. The highest BCUT2D eigenvalue weighted by Gasteiger charge is 2.33. The average Bonchev–Trinajstić information content (AvgIpc) is 3.23. The van der Waals surface area contributed by atoms with Crippen molar-refractivity contribution in [1.29, 1.82) is 0 Å². The second-order valence-corrected chi connectivity index (χ2v) is 7.28. The molecule has 0 aliphatic carbocycles. The summed E-state index contributed by atoms with van der Waals surface area (Å²) in [6.07, 6.45) is 3.24. The highest BCUT2D eigenvalue weighted by Crippen LogP contribution is 2.25. The smallest absolute Gasteiger partial charge is 0.354 e. The van der Waals surface area contributed by atoms with Gasteiger partial charge in [0.05, 0.1) is 6.33 Å². The van der Waals surface area contributed by atoms with Gasteiger partial charge in [-0.05, 0) is 30.4 Å². The summed E-state index contributed by atoms with van der Waals surface area (Å²) in [4.78, 5) is 46.5. The predicted molar refractivity (Wildman–Crippen MR) is 99.7 cm³/mol. The van der Waals surface area contributed by atoms with Crippen LogP contribution in [0.15, 0.2) is 30.6 Å². The Balaban J connectivity index is 1.36. The molecule has 28 heavy (non-hydrogen) atoms. The number of hydrogen-bond acceptors (Lipinski definition) is 4. The van der Waals surface area contributed by atoms with Gasteiger partial charge in [-0.2, -0.15) is 0 Å². The van der Waals surface area contributed by atoms with Gasteiger partial charge in [-0.1, -0.05) is 24.3 Å². The van der Waals surface area contributed by atoms with E-state index >= 15 is 0 Å². The van der Waals surface area contributed by atoms with Crippen molar-refractivity contribution in [3.05, 3.63) is 53.1 Å². The van der Waals surface area contributed by atoms with Crippen LogP contribution in [0.4, 0.5) is 0 Å². The molecule has 2 amide bonds. The van der Waals surface area contributed by atoms with Crippen molar-refractivity contribution >= 4 is 17.8 Å². The van der Waals surface area contributed by atoms with Gasteiger partial charge < -0.3 is 19.9 Å². The zero-order chi connectivity index (χ0) is 19.7. The molecule has 1 aromatic carbocycles. The minimum absolute atomic E-state index is 0.0788. The first kappa shape index (κ1) is 18.2. The number of rotatable bonds is 3. The van der Waals surface area contributed by atoms with Gasteiger partial charge in [0.15, 0.2) is 11.4 Å². The van der Waals surface area contributed by atoms with Gasteiger partial charge in [0.1, 0.15) is 0 Å². The van der Waals surface area contributed by atoms with Gasteiger partial charge in [0.25, 0.3) is 5.91 Å². The number of benzene rings is 1. The van der Waals surface area contributed by atoms with Crippen LogP contribution in [0, 0.1) is 5.92 Å². The van der Waals surface area contributed by atoms with E-state index in [2.05, 4.69) is 22.1 Å². The molecule has 0 unspecified atom stereocenters. The lowest BCUT2D eigenvalue weighted by Gasteiger charge is -2.36. The lowest BCUT2D eigenvalue weighted by atomic mass is 9.93. The first-order valence-electron chi connectivity index (χ1n) is 9.46. The average molecular weight is 382 g/mol. The highest BCUT2D eigenvalue weighted by molar-refractivity contribution is 6.02. The number of imidazole rings is 1. The third-order valence-corrected chi connectivity index (χ3v) is 5.63. The number of carbonyl (C=O) groups is 3. The predicted octanol–water partition coefficient (Wildman–Crippen LogP) is 1.54. The molecular formula is C20H22N4O4. The molecule has 0 atom stereocenters. The molecule has 146 valence electrons. The third-order valence-electron chi connectivity index (χ3n) is 5.63. The van der Waals surface area contributed by atoms with Crippen LogP contribution in [-0.2, 0) is 17.8 Å². The van der Waals surface area contributed by atoms with E-state index in [9.17, 15) is 14.4 Å². The van der Waals surface area contributed by atoms with Gasteiger partial charge in [-0.3, -0.25) is 9.59 Å². The van der Waals surface area contributed by atoms with Crippen LogP contribution in [0.2, 0.25) is 0 Å². The molecule has 1 saturated heterocycles. The minimum atomic E-state index is -1.21. The Morgan fingerprint density at radius 2 is 1.75 bits per heavy atom. The maximum absolute atomic E-state index is 12.9. The maximum atomic E-state index is 12.9. The van der Waals surface area contributed by atoms with Crippen molar-refractivity contribution in [3.8, 4) is 0 Å². The Kier molecular flexibility index (Phi) is 4.85. The van der Waals surface area contributed by atoms with Crippen molar-refractivity contribution in [2.75, 3.05) is 19.6 Å². The first-order valence-corrected chi connectivity index (χ1v) is 9.46. The van der Waals surface area contributed by atoms with E-state index in [1.807, 2.05) is 17.0 Å². The fourth-order valence-electron chi connectivity index (χ4n) is 4.04. The molecular weight excluding hydrogens is 360 g/mol. The van der Waals surface area contributed by atoms with Crippen LogP contribution in [0.5, 0.6) is 0 Å². The van der Waals surface area contributed by atoms with E-state index in [-0.39, 0.29) is 23.2 Å². The summed E-state index contributed by atoms with van der Waals surface area (Å²) in [5.74, 6) is -1.58. The van der Waals surface area contributed by atoms with E-state index in [1.165, 1.54) is 17.5 Å². The molecule has 2 aliphatic rings. The van der Waals surface area contributed by atoms with Gasteiger partial charge >= 0.3 is 5.97 Å². The fraction of sp³-hybridized carbons (Fsp3) is 0.400. The summed E-state index contributed by atoms with van der Waals surface area (Å²) in [6.45, 7) is 2.21. The Morgan fingerprint density at radius 1 is 1.04 bits per heavy atom. The molecule has 2 aromatic rings. The van der Waals surface area contributed by atoms with E-state index in [4.69, 9.17) is 5.11 Å². The Bertz CT molecular complexity index is 914. The molecule has 4 rings (SSSR count). The van der Waals surface area contributed by atoms with Crippen molar-refractivity contribution in [1.82, 2.24) is 19.8 Å². The number of H-pyrrole nitrogens is 1. The SMILES string of the molecule is O=C(O)c1[nH]cnc1C(=O)N1CCC(C(=O)N2CCc3ccccc3C2)CC1. The summed E-state index contributed by atoms with van der Waals surface area (Å²) >= 11 is 0. The van der Waals surface area contributed by atoms with Crippen LogP contribution in [-0.4, -0.2) is 62.3 Å². The lowest BCUT2D eigenvalue weighted by Crippen LogP contribution is -2.45. The van der Waals surface area contributed by atoms with E-state index < -0.39 is 11.9 Å². The number of nitrogens with zero attached hydrogens (tertiary/aromatic N) is 3. The molecule has 2 N–H and O–H groups in total. The summed E-state index contributed by atoms with van der Waals surface area (Å²) < 4.78 is 0. The monoisotopic (exact) mass is 382 g/mol. The zero-order valence-corrected chi connectivity index (χ0v) is 15.4. The summed E-state index contributed by atoms with van der Waals surface area (Å²) in [5.41, 5.74) is 2.23. The standard InChI is InChI=1S/C20H22N4O4/c25-18(24-10-5-13-3-1-2-4-15(13)11-24)14-6-8-23(9-7-14)19(26)16-17(20(27)28)22-12-21-16/h1-4,12,14H,5-11H2,(H,21,22)(H,27,28). The summed E-state index contributed by atoms with van der Waals surface area (Å²) in [6, 6.07) is 8.21. The van der Waals surface area contributed by atoms with Gasteiger partial charge in [0.2, 0.25) is 5.91 Å². The molecule has 0 spiro atoms. The number of piperidine rings is 1. The quantitative estimate of drug-likeness (QED) is 0.838. The number of hydrogen-bond donors (Lipinski definition) is 2. The molecule has 8 heteroatoms. The topological polar surface area (TPSA) is 107 Å². The Morgan fingerprint density at radius 3 is 2.46 bits per heavy atom. The largest absolute Gasteiger partial charge is 0.477 e. The van der Waals surface area contributed by atoms with Crippen molar-refractivity contribution in [3.63, 3.8) is 0 Å². The van der Waals surface area contributed by atoms with Crippen molar-refractivity contribution in [2.45, 2.75) is 25.8 Å². The molecule has 2 aliphatic heterocycles. The third kappa shape index (κ3) is 3.37. The number of aromatic nitrogens is 2. The molecule has 0 bridgehead atoms. The number of likely N-dealkylation sites (tertiary alicyclic amines) is 1. The zero-order valence-electron chi connectivity index (χ0n) is 15.4. The van der Waals surface area contributed by atoms with Crippen LogP contribution in [0.3, 0.4) is 0 Å². The maximum Gasteiger partial charge on any atom is 0.354 e. The van der Waals surface area contributed by atoms with E-state index in [0.717, 1.165) is 13.0 Å². The molecule has 1 aromatic heterocycles. The molecule has 3 heterocycles. The highest BCUT2D eigenvalue weighted by atomic mass is 16.4. The second-order valence-electron chi connectivity index (χ2n) is 7.28. The lowest BCUT2D eigenvalue weighted by molar-refractivity contribution is -0.137. The number of carbonyl (C=O) groups excluding carboxylic acids is 2. The minimum Gasteiger partial charge on any atom is -0.477 e. The Hall–Kier alpha value is -3.16. The molecule has 8 nitrogen and oxygen atoms in total. The van der Waals surface area contributed by atoms with Crippen LogP contribution >= 0.6 is 0 Å². The summed E-state index contributed by atoms with van der Waals surface area (Å²) in [5, 5.41) is 9.14. The number of fused-ring (bicyclic) bond motifs is 1. The van der Waals surface area contributed by atoms with Gasteiger partial charge in [-0.15, -0.1) is 0 Å². The van der Waals surface area contributed by atoms with Gasteiger partial charge in [0, 0.05) is 32.1 Å². The van der Waals surface area contributed by atoms with Crippen molar-refractivity contribution < 1.29 is 19.5 Å². The second kappa shape index (κ2) is 7.46. The number of amides is 2.